The fourth-order valence-electron chi connectivity index (χ4n) is 3.67. The Labute approximate surface area is 166 Å². The Morgan fingerprint density at radius 3 is 2.74 bits per heavy atom. The van der Waals surface area contributed by atoms with Crippen LogP contribution in [-0.4, -0.2) is 58.0 Å². The van der Waals surface area contributed by atoms with Gasteiger partial charge in [0.15, 0.2) is 10.4 Å². The van der Waals surface area contributed by atoms with Crippen molar-refractivity contribution in [3.63, 3.8) is 0 Å². The van der Waals surface area contributed by atoms with E-state index in [-0.39, 0.29) is 5.91 Å². The minimum absolute atomic E-state index is 0.0301. The highest BCUT2D eigenvalue weighted by Crippen LogP contribution is 2.21. The highest BCUT2D eigenvalue weighted by Gasteiger charge is 2.24. The highest BCUT2D eigenvalue weighted by atomic mass is 79.9. The van der Waals surface area contributed by atoms with Crippen LogP contribution in [0, 0.1) is 0 Å². The molecule has 0 radical (unpaired) electrons. The number of hydrogen-bond acceptors (Lipinski definition) is 4. The smallest absolute Gasteiger partial charge is 0.289 e. The molecule has 27 heavy (non-hydrogen) atoms. The molecule has 142 valence electrons. The minimum atomic E-state index is -0.0301. The number of hydrogen-bond donors (Lipinski definition) is 0. The summed E-state index contributed by atoms with van der Waals surface area (Å²) in [5, 5.41) is 1.25. The molecule has 4 heterocycles. The molecule has 0 saturated carbocycles. The first-order valence-electron chi connectivity index (χ1n) is 9.35. The SMILES string of the molecule is CCn1cc(CCN2CCN(C(=O)c3ccc(Br)o3)CC2)c2cccnc21. The van der Waals surface area contributed by atoms with Gasteiger partial charge >= 0.3 is 0 Å². The molecule has 0 aromatic carbocycles. The summed E-state index contributed by atoms with van der Waals surface area (Å²) >= 11 is 3.25. The molecule has 1 saturated heterocycles. The molecule has 7 heteroatoms. The third kappa shape index (κ3) is 3.80. The zero-order valence-corrected chi connectivity index (χ0v) is 17.0. The second-order valence-corrected chi connectivity index (χ2v) is 7.58. The van der Waals surface area contributed by atoms with Crippen molar-refractivity contribution in [2.75, 3.05) is 32.7 Å². The van der Waals surface area contributed by atoms with Crippen molar-refractivity contribution in [3.05, 3.63) is 52.7 Å². The number of piperazine rings is 1. The Kier molecular flexibility index (Phi) is 5.31. The van der Waals surface area contributed by atoms with Crippen LogP contribution < -0.4 is 0 Å². The van der Waals surface area contributed by atoms with Gasteiger partial charge in [0.05, 0.1) is 0 Å². The second kappa shape index (κ2) is 7.86. The standard InChI is InChI=1S/C20H23BrN4O2/c1-2-24-14-15(16-4-3-8-22-19(16)24)7-9-23-10-12-25(13-11-23)20(26)17-5-6-18(21)27-17/h3-6,8,14H,2,7,9-13H2,1H3. The van der Waals surface area contributed by atoms with Gasteiger partial charge < -0.3 is 13.9 Å². The zero-order chi connectivity index (χ0) is 18.8. The molecule has 6 nitrogen and oxygen atoms in total. The van der Waals surface area contributed by atoms with Gasteiger partial charge in [-0.25, -0.2) is 4.98 Å². The number of furan rings is 1. The van der Waals surface area contributed by atoms with Gasteiger partial charge in [0.1, 0.15) is 5.65 Å². The molecule has 0 bridgehead atoms. The Balaban J connectivity index is 1.34. The van der Waals surface area contributed by atoms with Crippen LogP contribution >= 0.6 is 15.9 Å². The molecular formula is C20H23BrN4O2. The van der Waals surface area contributed by atoms with Crippen LogP contribution in [0.4, 0.5) is 0 Å². The molecule has 0 unspecified atom stereocenters. The van der Waals surface area contributed by atoms with Crippen LogP contribution in [0.2, 0.25) is 0 Å². The van der Waals surface area contributed by atoms with Gasteiger partial charge in [0.25, 0.3) is 5.91 Å². The lowest BCUT2D eigenvalue weighted by Gasteiger charge is -2.34. The molecule has 3 aromatic rings. The number of carbonyl (C=O) groups is 1. The van der Waals surface area contributed by atoms with Gasteiger partial charge in [-0.2, -0.15) is 0 Å². The van der Waals surface area contributed by atoms with E-state index in [1.165, 1.54) is 10.9 Å². The van der Waals surface area contributed by atoms with E-state index in [2.05, 4.69) is 49.6 Å². The molecule has 0 N–H and O–H groups in total. The average Bonchev–Trinajstić information content (AvgIpc) is 3.30. The first-order chi connectivity index (χ1) is 13.2. The summed E-state index contributed by atoms with van der Waals surface area (Å²) in [4.78, 5) is 21.3. The van der Waals surface area contributed by atoms with Crippen LogP contribution in [-0.2, 0) is 13.0 Å². The number of rotatable bonds is 5. The van der Waals surface area contributed by atoms with Gasteiger partial charge in [-0.3, -0.25) is 9.69 Å². The largest absolute Gasteiger partial charge is 0.444 e. The number of pyridine rings is 1. The summed E-state index contributed by atoms with van der Waals surface area (Å²) in [6, 6.07) is 7.63. The molecule has 1 fully saturated rings. The lowest BCUT2D eigenvalue weighted by atomic mass is 10.1. The van der Waals surface area contributed by atoms with E-state index in [0.29, 0.717) is 10.4 Å². The van der Waals surface area contributed by atoms with Crippen molar-refractivity contribution in [1.29, 1.82) is 0 Å². The maximum absolute atomic E-state index is 12.5. The first-order valence-corrected chi connectivity index (χ1v) is 10.1. The lowest BCUT2D eigenvalue weighted by Crippen LogP contribution is -2.49. The minimum Gasteiger partial charge on any atom is -0.444 e. The van der Waals surface area contributed by atoms with Gasteiger partial charge in [-0.05, 0) is 59.1 Å². The number of aryl methyl sites for hydroxylation is 1. The molecule has 0 atom stereocenters. The molecule has 0 spiro atoms. The van der Waals surface area contributed by atoms with Crippen molar-refractivity contribution in [2.45, 2.75) is 19.9 Å². The van der Waals surface area contributed by atoms with Crippen molar-refractivity contribution >= 4 is 32.9 Å². The maximum Gasteiger partial charge on any atom is 0.289 e. The van der Waals surface area contributed by atoms with E-state index in [4.69, 9.17) is 4.42 Å². The molecule has 3 aromatic heterocycles. The number of aromatic nitrogens is 2. The number of amides is 1. The van der Waals surface area contributed by atoms with Crippen molar-refractivity contribution < 1.29 is 9.21 Å². The van der Waals surface area contributed by atoms with Crippen LogP contribution in [0.1, 0.15) is 23.0 Å². The predicted octanol–water partition coefficient (Wildman–Crippen LogP) is 3.41. The highest BCUT2D eigenvalue weighted by molar-refractivity contribution is 9.10. The Morgan fingerprint density at radius 1 is 1.22 bits per heavy atom. The summed E-state index contributed by atoms with van der Waals surface area (Å²) in [6.07, 6.45) is 5.08. The molecule has 0 aliphatic carbocycles. The average molecular weight is 431 g/mol. The third-order valence-electron chi connectivity index (χ3n) is 5.20. The Morgan fingerprint density at radius 2 is 2.04 bits per heavy atom. The van der Waals surface area contributed by atoms with Crippen molar-refractivity contribution in [3.8, 4) is 0 Å². The Bertz CT molecular complexity index is 941. The molecule has 1 amide bonds. The van der Waals surface area contributed by atoms with Gasteiger partial charge in [-0.1, -0.05) is 0 Å². The number of nitrogens with zero attached hydrogens (tertiary/aromatic N) is 4. The van der Waals surface area contributed by atoms with E-state index in [0.717, 1.165) is 51.3 Å². The normalized spacial score (nSPS) is 15.6. The van der Waals surface area contributed by atoms with Crippen LogP contribution in [0.25, 0.3) is 11.0 Å². The lowest BCUT2D eigenvalue weighted by molar-refractivity contribution is 0.0606. The summed E-state index contributed by atoms with van der Waals surface area (Å²) in [6.45, 7) is 7.30. The number of carbonyl (C=O) groups excluding carboxylic acids is 1. The van der Waals surface area contributed by atoms with E-state index < -0.39 is 0 Å². The van der Waals surface area contributed by atoms with E-state index in [1.807, 2.05) is 17.2 Å². The molecule has 4 rings (SSSR count). The molecule has 1 aliphatic rings. The summed E-state index contributed by atoms with van der Waals surface area (Å²) in [5.41, 5.74) is 2.41. The van der Waals surface area contributed by atoms with Crippen LogP contribution in [0.3, 0.4) is 0 Å². The van der Waals surface area contributed by atoms with E-state index in [1.54, 1.807) is 12.1 Å². The van der Waals surface area contributed by atoms with Crippen LogP contribution in [0.5, 0.6) is 0 Å². The third-order valence-corrected chi connectivity index (χ3v) is 5.62. The number of halogens is 1. The van der Waals surface area contributed by atoms with Crippen molar-refractivity contribution in [2.24, 2.45) is 0 Å². The molecule has 1 aliphatic heterocycles. The van der Waals surface area contributed by atoms with Gasteiger partial charge in [0.2, 0.25) is 0 Å². The fraction of sp³-hybridized carbons (Fsp3) is 0.400. The topological polar surface area (TPSA) is 54.5 Å². The van der Waals surface area contributed by atoms with Gasteiger partial charge in [-0.15, -0.1) is 0 Å². The summed E-state index contributed by atoms with van der Waals surface area (Å²) in [7, 11) is 0. The maximum atomic E-state index is 12.5. The zero-order valence-electron chi connectivity index (χ0n) is 15.4. The van der Waals surface area contributed by atoms with Crippen LogP contribution in [0.15, 0.2) is 45.7 Å². The van der Waals surface area contributed by atoms with E-state index >= 15 is 0 Å². The monoisotopic (exact) mass is 430 g/mol. The summed E-state index contributed by atoms with van der Waals surface area (Å²) in [5.74, 6) is 0.368. The summed E-state index contributed by atoms with van der Waals surface area (Å²) < 4.78 is 8.19. The molecular weight excluding hydrogens is 408 g/mol. The quantitative estimate of drug-likeness (QED) is 0.622. The first kappa shape index (κ1) is 18.3. The van der Waals surface area contributed by atoms with E-state index in [9.17, 15) is 4.79 Å². The predicted molar refractivity (Wildman–Crippen MR) is 108 cm³/mol. The fourth-order valence-corrected chi connectivity index (χ4v) is 3.98. The van der Waals surface area contributed by atoms with Crippen molar-refractivity contribution in [1.82, 2.24) is 19.4 Å². The Hall–Kier alpha value is -2.12. The number of fused-ring (bicyclic) bond motifs is 1. The van der Waals surface area contributed by atoms with Gasteiger partial charge in [0, 0.05) is 57.0 Å². The second-order valence-electron chi connectivity index (χ2n) is 6.80.